The van der Waals surface area contributed by atoms with Gasteiger partial charge >= 0.3 is 5.97 Å². The predicted molar refractivity (Wildman–Crippen MR) is 150 cm³/mol. The Labute approximate surface area is 237 Å². The van der Waals surface area contributed by atoms with E-state index in [0.717, 1.165) is 0 Å². The molecule has 0 saturated carbocycles. The first-order valence-electron chi connectivity index (χ1n) is 13.2. The van der Waals surface area contributed by atoms with Crippen LogP contribution in [0.15, 0.2) is 54.6 Å². The van der Waals surface area contributed by atoms with Crippen molar-refractivity contribution in [1.82, 2.24) is 16.0 Å². The van der Waals surface area contributed by atoms with Crippen molar-refractivity contribution < 1.29 is 34.2 Å². The van der Waals surface area contributed by atoms with Crippen molar-refractivity contribution in [1.29, 1.82) is 0 Å². The van der Waals surface area contributed by atoms with Gasteiger partial charge in [0, 0.05) is 6.42 Å². The highest BCUT2D eigenvalue weighted by Crippen LogP contribution is 2.12. The molecule has 0 aromatic heterocycles. The van der Waals surface area contributed by atoms with Gasteiger partial charge in [-0.15, -0.1) is 0 Å². The van der Waals surface area contributed by atoms with E-state index < -0.39 is 60.2 Å². The van der Waals surface area contributed by atoms with E-state index in [0.29, 0.717) is 30.5 Å². The first-order chi connectivity index (χ1) is 19.5. The molecule has 4 atom stereocenters. The van der Waals surface area contributed by atoms with Gasteiger partial charge in [0.2, 0.25) is 23.6 Å². The average molecular weight is 571 g/mol. The van der Waals surface area contributed by atoms with Gasteiger partial charge in [0.25, 0.3) is 0 Å². The summed E-state index contributed by atoms with van der Waals surface area (Å²) in [5.41, 5.74) is 18.2. The van der Waals surface area contributed by atoms with Gasteiger partial charge in [-0.05, 0) is 55.5 Å². The highest BCUT2D eigenvalue weighted by molar-refractivity contribution is 5.95. The van der Waals surface area contributed by atoms with Gasteiger partial charge in [-0.3, -0.25) is 19.2 Å². The first-order valence-corrected chi connectivity index (χ1v) is 13.2. The zero-order valence-electron chi connectivity index (χ0n) is 22.6. The molecule has 13 nitrogen and oxygen atoms in total. The Kier molecular flexibility index (Phi) is 13.2. The number of phenols is 1. The topological polar surface area (TPSA) is 240 Å². The molecule has 0 fully saturated rings. The molecule has 0 spiro atoms. The summed E-state index contributed by atoms with van der Waals surface area (Å²) in [6, 6.07) is 10.0. The molecule has 0 radical (unpaired) electrons. The molecule has 13 heteroatoms. The number of aromatic hydroxyl groups is 1. The number of carbonyl (C=O) groups is 5. The van der Waals surface area contributed by atoms with Gasteiger partial charge in [0.15, 0.2) is 0 Å². The molecule has 2 rings (SSSR count). The second-order valence-corrected chi connectivity index (χ2v) is 9.64. The van der Waals surface area contributed by atoms with Crippen molar-refractivity contribution in [3.63, 3.8) is 0 Å². The molecule has 0 aliphatic heterocycles. The van der Waals surface area contributed by atoms with Gasteiger partial charge in [-0.25, -0.2) is 4.79 Å². The highest BCUT2D eigenvalue weighted by Gasteiger charge is 2.31. The van der Waals surface area contributed by atoms with Crippen LogP contribution in [0.2, 0.25) is 0 Å². The van der Waals surface area contributed by atoms with Crippen LogP contribution >= 0.6 is 0 Å². The molecular formula is C28H38N6O7. The Balaban J connectivity index is 2.21. The van der Waals surface area contributed by atoms with Crippen LogP contribution in [0.25, 0.3) is 0 Å². The van der Waals surface area contributed by atoms with Crippen molar-refractivity contribution in [2.24, 2.45) is 17.2 Å². The number of hydrogen-bond acceptors (Lipinski definition) is 8. The molecule has 0 saturated heterocycles. The zero-order chi connectivity index (χ0) is 30.4. The van der Waals surface area contributed by atoms with Gasteiger partial charge < -0.3 is 43.4 Å². The third-order valence-corrected chi connectivity index (χ3v) is 6.24. The van der Waals surface area contributed by atoms with Crippen LogP contribution in [0.5, 0.6) is 5.75 Å². The Morgan fingerprint density at radius 3 is 1.88 bits per heavy atom. The van der Waals surface area contributed by atoms with Crippen molar-refractivity contribution in [3.05, 3.63) is 65.7 Å². The number of carboxylic acids is 1. The molecule has 0 aliphatic rings. The number of aliphatic carboxylic acids is 1. The molecule has 222 valence electrons. The van der Waals surface area contributed by atoms with E-state index in [9.17, 15) is 34.2 Å². The van der Waals surface area contributed by atoms with Crippen LogP contribution in [0.4, 0.5) is 0 Å². The quantitative estimate of drug-likeness (QED) is 0.109. The van der Waals surface area contributed by atoms with Gasteiger partial charge in [-0.1, -0.05) is 42.5 Å². The van der Waals surface area contributed by atoms with E-state index in [1.165, 1.54) is 12.1 Å². The van der Waals surface area contributed by atoms with Gasteiger partial charge in [0.1, 0.15) is 23.9 Å². The summed E-state index contributed by atoms with van der Waals surface area (Å²) in [5, 5.41) is 26.4. The summed E-state index contributed by atoms with van der Waals surface area (Å²) < 4.78 is 0. The van der Waals surface area contributed by atoms with E-state index in [4.69, 9.17) is 17.2 Å². The maximum absolute atomic E-state index is 13.4. The smallest absolute Gasteiger partial charge is 0.326 e. The lowest BCUT2D eigenvalue weighted by molar-refractivity contribution is -0.143. The summed E-state index contributed by atoms with van der Waals surface area (Å²) in [5.74, 6) is -4.43. The lowest BCUT2D eigenvalue weighted by atomic mass is 10.0. The summed E-state index contributed by atoms with van der Waals surface area (Å²) >= 11 is 0. The minimum Gasteiger partial charge on any atom is -0.508 e. The van der Waals surface area contributed by atoms with E-state index in [1.807, 2.05) is 0 Å². The Morgan fingerprint density at radius 1 is 0.732 bits per heavy atom. The number of amides is 4. The highest BCUT2D eigenvalue weighted by atomic mass is 16.4. The van der Waals surface area contributed by atoms with Crippen LogP contribution in [-0.2, 0) is 36.8 Å². The van der Waals surface area contributed by atoms with E-state index in [-0.39, 0.29) is 25.0 Å². The number of primary amides is 1. The lowest BCUT2D eigenvalue weighted by Gasteiger charge is -2.25. The van der Waals surface area contributed by atoms with Crippen LogP contribution in [0.3, 0.4) is 0 Å². The van der Waals surface area contributed by atoms with Crippen molar-refractivity contribution in [2.45, 2.75) is 62.7 Å². The average Bonchev–Trinajstić information content (AvgIpc) is 2.93. The molecule has 11 N–H and O–H groups in total. The van der Waals surface area contributed by atoms with Crippen LogP contribution in [-0.4, -0.2) is 70.5 Å². The van der Waals surface area contributed by atoms with Crippen LogP contribution in [0, 0.1) is 0 Å². The third kappa shape index (κ3) is 11.6. The largest absolute Gasteiger partial charge is 0.508 e. The molecule has 4 amide bonds. The fourth-order valence-electron chi connectivity index (χ4n) is 4.02. The summed E-state index contributed by atoms with van der Waals surface area (Å²) in [7, 11) is 0. The minimum atomic E-state index is -1.59. The molecule has 2 aromatic carbocycles. The normalized spacial score (nSPS) is 13.7. The SMILES string of the molecule is NCCCCC(NC(=O)C(N)Cc1ccc(O)cc1)C(=O)NC(Cc1ccccc1)C(=O)NC(CC(N)=O)C(=O)O. The van der Waals surface area contributed by atoms with E-state index >= 15 is 0 Å². The second kappa shape index (κ2) is 16.6. The molecule has 4 unspecified atom stereocenters. The van der Waals surface area contributed by atoms with Crippen molar-refractivity contribution >= 4 is 29.6 Å². The summed E-state index contributed by atoms with van der Waals surface area (Å²) in [6.45, 7) is 0.373. The maximum Gasteiger partial charge on any atom is 0.326 e. The summed E-state index contributed by atoms with van der Waals surface area (Å²) in [6.07, 6.45) is 0.811. The minimum absolute atomic E-state index is 0.00512. The summed E-state index contributed by atoms with van der Waals surface area (Å²) in [4.78, 5) is 62.3. The van der Waals surface area contributed by atoms with Crippen molar-refractivity contribution in [2.75, 3.05) is 6.54 Å². The maximum atomic E-state index is 13.4. The number of carboxylic acid groups (broad SMARTS) is 1. The second-order valence-electron chi connectivity index (χ2n) is 9.64. The molecular weight excluding hydrogens is 532 g/mol. The monoisotopic (exact) mass is 570 g/mol. The number of nitrogens with one attached hydrogen (secondary N) is 3. The number of hydrogen-bond donors (Lipinski definition) is 8. The molecule has 2 aromatic rings. The van der Waals surface area contributed by atoms with Gasteiger partial charge in [-0.2, -0.15) is 0 Å². The Hall–Kier alpha value is -4.49. The number of benzene rings is 2. The zero-order valence-corrected chi connectivity index (χ0v) is 22.6. The first kappa shape index (κ1) is 32.7. The third-order valence-electron chi connectivity index (χ3n) is 6.24. The molecule has 0 heterocycles. The Bertz CT molecular complexity index is 1180. The fourth-order valence-corrected chi connectivity index (χ4v) is 4.02. The van der Waals surface area contributed by atoms with Gasteiger partial charge in [0.05, 0.1) is 12.5 Å². The number of phenolic OH excluding ortho intramolecular Hbond substituents is 1. The molecule has 0 aliphatic carbocycles. The predicted octanol–water partition coefficient (Wildman–Crippen LogP) is -0.952. The Morgan fingerprint density at radius 2 is 1.29 bits per heavy atom. The number of rotatable bonds is 17. The van der Waals surface area contributed by atoms with E-state index in [2.05, 4.69) is 16.0 Å². The lowest BCUT2D eigenvalue weighted by Crippen LogP contribution is -2.58. The number of nitrogens with two attached hydrogens (primary N) is 3. The molecule has 41 heavy (non-hydrogen) atoms. The fraction of sp³-hybridized carbons (Fsp3) is 0.393. The number of carbonyl (C=O) groups excluding carboxylic acids is 4. The van der Waals surface area contributed by atoms with Crippen LogP contribution in [0.1, 0.15) is 36.8 Å². The standard InChI is InChI=1S/C28H38N6O7/c29-13-5-4-8-21(32-25(37)20(30)14-18-9-11-19(35)12-10-18)26(38)33-22(15-17-6-2-1-3-7-17)27(39)34-23(28(40)41)16-24(31)36/h1-3,6-7,9-12,20-23,35H,4-5,8,13-16,29-30H2,(H2,31,36)(H,32,37)(H,33,38)(H,34,39)(H,40,41). The van der Waals surface area contributed by atoms with Crippen LogP contribution < -0.4 is 33.2 Å². The molecule has 0 bridgehead atoms. The van der Waals surface area contributed by atoms with Crippen molar-refractivity contribution in [3.8, 4) is 5.75 Å². The van der Waals surface area contributed by atoms with E-state index in [1.54, 1.807) is 42.5 Å². The number of unbranched alkanes of at least 4 members (excludes halogenated alkanes) is 1.